The summed E-state index contributed by atoms with van der Waals surface area (Å²) in [5, 5.41) is 3.52. The van der Waals surface area contributed by atoms with Gasteiger partial charge in [0.25, 0.3) is 0 Å². The van der Waals surface area contributed by atoms with Crippen LogP contribution in [0.2, 0.25) is 0 Å². The molecule has 0 saturated heterocycles. The van der Waals surface area contributed by atoms with Gasteiger partial charge in [-0.05, 0) is 90.4 Å². The van der Waals surface area contributed by atoms with Gasteiger partial charge < -0.3 is 14.8 Å². The molecule has 0 aromatic heterocycles. The molecule has 0 saturated carbocycles. The van der Waals surface area contributed by atoms with E-state index in [1.54, 1.807) is 0 Å². The number of anilines is 1. The number of benzene rings is 3. The maximum Gasteiger partial charge on any atom is 0.174 e. The van der Waals surface area contributed by atoms with E-state index >= 15 is 0 Å². The minimum absolute atomic E-state index is 0.520. The van der Waals surface area contributed by atoms with Gasteiger partial charge in [0, 0.05) is 16.7 Å². The topological polar surface area (TPSA) is 30.5 Å². The second-order valence-corrected chi connectivity index (χ2v) is 9.00. The first kappa shape index (κ1) is 22.0. The van der Waals surface area contributed by atoms with Gasteiger partial charge in [-0.25, -0.2) is 0 Å². The van der Waals surface area contributed by atoms with E-state index in [0.717, 1.165) is 42.9 Å². The second-order valence-electron chi connectivity index (χ2n) is 6.92. The summed E-state index contributed by atoms with van der Waals surface area (Å²) in [5.74, 6) is 1.59. The Morgan fingerprint density at radius 3 is 2.38 bits per heavy atom. The molecule has 29 heavy (non-hydrogen) atoms. The third-order valence-corrected chi connectivity index (χ3v) is 5.84. The molecule has 3 aromatic carbocycles. The maximum atomic E-state index is 6.14. The molecule has 3 nitrogen and oxygen atoms in total. The van der Waals surface area contributed by atoms with Crippen molar-refractivity contribution in [3.8, 4) is 11.5 Å². The van der Waals surface area contributed by atoms with Crippen molar-refractivity contribution >= 4 is 44.2 Å². The molecule has 0 atom stereocenters. The van der Waals surface area contributed by atoms with Crippen molar-refractivity contribution in [3.63, 3.8) is 0 Å². The van der Waals surface area contributed by atoms with Crippen LogP contribution in [-0.2, 0) is 13.2 Å². The Kier molecular flexibility index (Phi) is 7.84. The third kappa shape index (κ3) is 6.12. The Labute approximate surface area is 195 Å². The van der Waals surface area contributed by atoms with Gasteiger partial charge in [-0.15, -0.1) is 0 Å². The zero-order valence-electron chi connectivity index (χ0n) is 16.9. The highest BCUT2D eigenvalue weighted by Gasteiger charge is 2.13. The smallest absolute Gasteiger partial charge is 0.174 e. The summed E-state index contributed by atoms with van der Waals surface area (Å²) in [7, 11) is 0. The molecule has 0 aliphatic heterocycles. The zero-order chi connectivity index (χ0) is 20.8. The van der Waals surface area contributed by atoms with Crippen LogP contribution in [-0.4, -0.2) is 6.61 Å². The van der Waals surface area contributed by atoms with Crippen molar-refractivity contribution in [2.75, 3.05) is 11.9 Å². The lowest BCUT2D eigenvalue weighted by atomic mass is 10.1. The van der Waals surface area contributed by atoms with Gasteiger partial charge in [0.2, 0.25) is 0 Å². The van der Waals surface area contributed by atoms with E-state index in [9.17, 15) is 0 Å². The van der Waals surface area contributed by atoms with Crippen molar-refractivity contribution in [1.82, 2.24) is 0 Å². The minimum atomic E-state index is 0.520. The van der Waals surface area contributed by atoms with Crippen molar-refractivity contribution in [2.45, 2.75) is 33.9 Å². The number of nitrogens with one attached hydrogen (secondary N) is 1. The summed E-state index contributed by atoms with van der Waals surface area (Å²) in [6.45, 7) is 8.02. The molecule has 0 heterocycles. The lowest BCUT2D eigenvalue weighted by Gasteiger charge is -2.17. The van der Waals surface area contributed by atoms with Gasteiger partial charge in [-0.1, -0.05) is 45.8 Å². The predicted octanol–water partition coefficient (Wildman–Crippen LogP) is 7.26. The quantitative estimate of drug-likeness (QED) is 0.292. The van der Waals surface area contributed by atoms with E-state index in [1.165, 1.54) is 11.1 Å². The van der Waals surface area contributed by atoms with Crippen molar-refractivity contribution in [2.24, 2.45) is 0 Å². The molecule has 5 heteroatoms. The molecule has 0 spiro atoms. The van der Waals surface area contributed by atoms with Crippen LogP contribution >= 0.6 is 38.5 Å². The molecular weight excluding hydrogens is 541 g/mol. The van der Waals surface area contributed by atoms with Gasteiger partial charge in [-0.2, -0.15) is 0 Å². The maximum absolute atomic E-state index is 6.14. The number of hydrogen-bond donors (Lipinski definition) is 1. The van der Waals surface area contributed by atoms with Gasteiger partial charge >= 0.3 is 0 Å². The Bertz CT molecular complexity index is 973. The Morgan fingerprint density at radius 1 is 0.931 bits per heavy atom. The molecule has 152 valence electrons. The largest absolute Gasteiger partial charge is 0.490 e. The molecule has 3 rings (SSSR count). The van der Waals surface area contributed by atoms with E-state index in [4.69, 9.17) is 9.47 Å². The average Bonchev–Trinajstić information content (AvgIpc) is 2.68. The third-order valence-electron chi connectivity index (χ3n) is 4.54. The Balaban J connectivity index is 1.75. The van der Waals surface area contributed by atoms with Crippen molar-refractivity contribution < 1.29 is 9.47 Å². The van der Waals surface area contributed by atoms with E-state index < -0.39 is 0 Å². The molecule has 0 fully saturated rings. The summed E-state index contributed by atoms with van der Waals surface area (Å²) >= 11 is 5.84. The fourth-order valence-corrected chi connectivity index (χ4v) is 4.29. The second kappa shape index (κ2) is 10.3. The van der Waals surface area contributed by atoms with E-state index in [0.29, 0.717) is 13.2 Å². The highest BCUT2D eigenvalue weighted by molar-refractivity contribution is 14.1. The van der Waals surface area contributed by atoms with Crippen molar-refractivity contribution in [1.29, 1.82) is 0 Å². The predicted molar refractivity (Wildman–Crippen MR) is 132 cm³/mol. The standard InChI is InChI=1S/C24H25BrINO2/c1-4-28-23-13-19(14-27-22-10-9-20(25)11-17(22)3)12-21(26)24(23)29-15-18-7-5-16(2)6-8-18/h5-13,27H,4,14-15H2,1-3H3. The van der Waals surface area contributed by atoms with E-state index in [2.05, 4.69) is 106 Å². The van der Waals surface area contributed by atoms with Gasteiger partial charge in [0.1, 0.15) is 6.61 Å². The van der Waals surface area contributed by atoms with E-state index in [-0.39, 0.29) is 0 Å². The monoisotopic (exact) mass is 565 g/mol. The molecule has 0 unspecified atom stereocenters. The number of rotatable bonds is 8. The molecule has 0 radical (unpaired) electrons. The highest BCUT2D eigenvalue weighted by atomic mass is 127. The van der Waals surface area contributed by atoms with Crippen LogP contribution in [0.5, 0.6) is 11.5 Å². The van der Waals surface area contributed by atoms with Crippen LogP contribution in [0, 0.1) is 17.4 Å². The summed E-state index contributed by atoms with van der Waals surface area (Å²) < 4.78 is 14.2. The Hall–Kier alpha value is -1.73. The fourth-order valence-electron chi connectivity index (χ4n) is 2.99. The number of hydrogen-bond acceptors (Lipinski definition) is 3. The minimum Gasteiger partial charge on any atom is -0.490 e. The fraction of sp³-hybridized carbons (Fsp3) is 0.250. The first-order chi connectivity index (χ1) is 14.0. The molecular formula is C24H25BrINO2. The van der Waals surface area contributed by atoms with Gasteiger partial charge in [0.05, 0.1) is 10.2 Å². The SMILES string of the molecule is CCOc1cc(CNc2ccc(Br)cc2C)cc(I)c1OCc1ccc(C)cc1. The van der Waals surface area contributed by atoms with Gasteiger partial charge in [0.15, 0.2) is 11.5 Å². The van der Waals surface area contributed by atoms with Crippen molar-refractivity contribution in [3.05, 3.63) is 84.9 Å². The number of aryl methyl sites for hydroxylation is 2. The van der Waals surface area contributed by atoms with Crippen LogP contribution < -0.4 is 14.8 Å². The average molecular weight is 566 g/mol. The summed E-state index contributed by atoms with van der Waals surface area (Å²) in [6, 6.07) is 18.9. The normalized spacial score (nSPS) is 10.7. The van der Waals surface area contributed by atoms with Gasteiger partial charge in [-0.3, -0.25) is 0 Å². The number of halogens is 2. The molecule has 0 bridgehead atoms. The molecule has 1 N–H and O–H groups in total. The lowest BCUT2D eigenvalue weighted by Crippen LogP contribution is -2.05. The molecule has 0 aliphatic rings. The van der Waals surface area contributed by atoms with Crippen LogP contribution in [0.1, 0.15) is 29.2 Å². The van der Waals surface area contributed by atoms with E-state index in [1.807, 2.05) is 13.0 Å². The summed E-state index contributed by atoms with van der Waals surface area (Å²) in [4.78, 5) is 0. The molecule has 0 aliphatic carbocycles. The first-order valence-corrected chi connectivity index (χ1v) is 11.5. The van der Waals surface area contributed by atoms with Crippen LogP contribution in [0.15, 0.2) is 59.1 Å². The molecule has 0 amide bonds. The zero-order valence-corrected chi connectivity index (χ0v) is 20.6. The number of ether oxygens (including phenoxy) is 2. The first-order valence-electron chi connectivity index (χ1n) is 9.60. The highest BCUT2D eigenvalue weighted by Crippen LogP contribution is 2.35. The van der Waals surface area contributed by atoms with Crippen LogP contribution in [0.4, 0.5) is 5.69 Å². The summed E-state index contributed by atoms with van der Waals surface area (Å²) in [6.07, 6.45) is 0. The summed E-state index contributed by atoms with van der Waals surface area (Å²) in [5.41, 5.74) is 5.88. The van der Waals surface area contributed by atoms with Crippen LogP contribution in [0.3, 0.4) is 0 Å². The van der Waals surface area contributed by atoms with Crippen LogP contribution in [0.25, 0.3) is 0 Å². The Morgan fingerprint density at radius 2 is 1.69 bits per heavy atom. The molecule has 3 aromatic rings. The lowest BCUT2D eigenvalue weighted by molar-refractivity contribution is 0.267.